The summed E-state index contributed by atoms with van der Waals surface area (Å²) in [6.07, 6.45) is 0.504. The van der Waals surface area contributed by atoms with E-state index in [1.54, 1.807) is 29.2 Å². The van der Waals surface area contributed by atoms with Crippen molar-refractivity contribution in [1.29, 1.82) is 0 Å². The van der Waals surface area contributed by atoms with Gasteiger partial charge in [-0.25, -0.2) is 4.39 Å². The molecule has 2 unspecified atom stereocenters. The largest absolute Gasteiger partial charge is 0.380 e. The van der Waals surface area contributed by atoms with Gasteiger partial charge in [0.1, 0.15) is 5.60 Å². The molecule has 0 spiro atoms. The lowest BCUT2D eigenvalue weighted by Crippen LogP contribution is -2.46. The van der Waals surface area contributed by atoms with E-state index in [4.69, 9.17) is 11.6 Å². The summed E-state index contributed by atoms with van der Waals surface area (Å²) in [6, 6.07) is 26.0. The van der Waals surface area contributed by atoms with Gasteiger partial charge in [-0.05, 0) is 48.4 Å². The van der Waals surface area contributed by atoms with Crippen molar-refractivity contribution in [3.8, 4) is 0 Å². The fourth-order valence-electron chi connectivity index (χ4n) is 4.83. The number of nitrogens with zero attached hydrogens (tertiary/aromatic N) is 1. The molecule has 0 radical (unpaired) electrons. The topological polar surface area (TPSA) is 40.5 Å². The zero-order valence-corrected chi connectivity index (χ0v) is 19.3. The summed E-state index contributed by atoms with van der Waals surface area (Å²) >= 11 is 6.08. The molecular weight excluding hydrogens is 437 g/mol. The number of alkyl halides is 1. The molecule has 0 amide bonds. The zero-order valence-electron chi connectivity index (χ0n) is 18.5. The van der Waals surface area contributed by atoms with Gasteiger partial charge in [-0.15, -0.1) is 0 Å². The average Bonchev–Trinajstić information content (AvgIpc) is 2.88. The Bertz CT molecular complexity index is 1040. The minimum absolute atomic E-state index is 0.0330. The molecule has 1 N–H and O–H groups in total. The molecule has 3 aromatic rings. The Labute approximate surface area is 199 Å². The molecule has 0 aliphatic carbocycles. The predicted molar refractivity (Wildman–Crippen MR) is 130 cm³/mol. The Morgan fingerprint density at radius 3 is 2.09 bits per heavy atom. The summed E-state index contributed by atoms with van der Waals surface area (Å²) in [5, 5.41) is 12.6. The molecule has 2 atom stereocenters. The van der Waals surface area contributed by atoms with Crippen LogP contribution in [0.4, 0.5) is 4.39 Å². The molecule has 1 aliphatic rings. The lowest BCUT2D eigenvalue weighted by molar-refractivity contribution is -0.0362. The number of halogens is 2. The minimum atomic E-state index is -1.17. The Morgan fingerprint density at radius 1 is 0.939 bits per heavy atom. The number of carbonyl (C=O) groups is 1. The molecule has 0 bridgehead atoms. The van der Waals surface area contributed by atoms with Crippen molar-refractivity contribution in [3.05, 3.63) is 107 Å². The third-order valence-electron chi connectivity index (χ3n) is 6.72. The van der Waals surface area contributed by atoms with Gasteiger partial charge in [0.25, 0.3) is 0 Å². The third-order valence-corrected chi connectivity index (χ3v) is 6.97. The first-order valence-electron chi connectivity index (χ1n) is 11.5. The number of ketones is 1. The highest BCUT2D eigenvalue weighted by Gasteiger charge is 2.42. The van der Waals surface area contributed by atoms with E-state index in [0.717, 1.165) is 11.1 Å². The lowest BCUT2D eigenvalue weighted by atomic mass is 9.72. The van der Waals surface area contributed by atoms with E-state index in [2.05, 4.69) is 0 Å². The van der Waals surface area contributed by atoms with Crippen LogP contribution in [0.15, 0.2) is 84.9 Å². The lowest BCUT2D eigenvalue weighted by Gasteiger charge is -2.43. The molecule has 3 aromatic carbocycles. The summed E-state index contributed by atoms with van der Waals surface area (Å²) in [4.78, 5) is 14.1. The van der Waals surface area contributed by atoms with Gasteiger partial charge in [0, 0.05) is 30.1 Å². The second-order valence-electron chi connectivity index (χ2n) is 8.71. The highest BCUT2D eigenvalue weighted by Crippen LogP contribution is 2.42. The maximum atomic E-state index is 15.0. The Hall–Kier alpha value is -2.53. The van der Waals surface area contributed by atoms with Gasteiger partial charge in [0.05, 0.1) is 0 Å². The van der Waals surface area contributed by atoms with Crippen molar-refractivity contribution in [1.82, 2.24) is 4.90 Å². The quantitative estimate of drug-likeness (QED) is 0.316. The van der Waals surface area contributed by atoms with Gasteiger partial charge in [0.15, 0.2) is 12.1 Å². The maximum absolute atomic E-state index is 15.0. The van der Waals surface area contributed by atoms with Crippen LogP contribution in [0.3, 0.4) is 0 Å². The van der Waals surface area contributed by atoms with Crippen molar-refractivity contribution >= 4 is 17.4 Å². The van der Waals surface area contributed by atoms with Crippen LogP contribution in [-0.2, 0) is 5.60 Å². The van der Waals surface area contributed by atoms with Crippen molar-refractivity contribution in [3.63, 3.8) is 0 Å². The SMILES string of the molecule is O=C(CCC(F)N1CCC(C(O)(c2ccccc2)c2ccc(Cl)cc2)CC1)c1ccccc1. The highest BCUT2D eigenvalue weighted by atomic mass is 35.5. The highest BCUT2D eigenvalue weighted by molar-refractivity contribution is 6.30. The van der Waals surface area contributed by atoms with Gasteiger partial charge >= 0.3 is 0 Å². The molecular formula is C28H29ClFNO2. The number of carbonyl (C=O) groups excluding carboxylic acids is 1. The van der Waals surface area contributed by atoms with Crippen LogP contribution in [0.5, 0.6) is 0 Å². The second kappa shape index (κ2) is 10.6. The van der Waals surface area contributed by atoms with Crippen molar-refractivity contribution in [2.24, 2.45) is 5.92 Å². The van der Waals surface area contributed by atoms with E-state index in [0.29, 0.717) is 36.5 Å². The second-order valence-corrected chi connectivity index (χ2v) is 9.15. The number of hydrogen-bond donors (Lipinski definition) is 1. The van der Waals surface area contributed by atoms with Gasteiger partial charge in [0.2, 0.25) is 0 Å². The number of rotatable bonds is 8. The van der Waals surface area contributed by atoms with Gasteiger partial charge < -0.3 is 5.11 Å². The zero-order chi connectivity index (χ0) is 23.3. The standard InChI is InChI=1S/C28H29ClFNO2/c29-25-13-11-23(12-14-25)28(33,22-9-5-2-6-10-22)24-17-19-31(20-18-24)27(30)16-15-26(32)21-7-3-1-4-8-21/h1-14,24,27,33H,15-20H2. The molecule has 0 aromatic heterocycles. The van der Waals surface area contributed by atoms with Crippen LogP contribution in [0, 0.1) is 5.92 Å². The molecule has 5 heteroatoms. The number of benzene rings is 3. The number of aliphatic hydroxyl groups is 1. The van der Waals surface area contributed by atoms with Crippen molar-refractivity contribution < 1.29 is 14.3 Å². The Kier molecular flexibility index (Phi) is 7.59. The van der Waals surface area contributed by atoms with Gasteiger partial charge in [-0.3, -0.25) is 9.69 Å². The molecule has 172 valence electrons. The van der Waals surface area contributed by atoms with E-state index < -0.39 is 11.9 Å². The van der Waals surface area contributed by atoms with E-state index in [1.807, 2.05) is 60.7 Å². The predicted octanol–water partition coefficient (Wildman–Crippen LogP) is 6.25. The number of hydrogen-bond acceptors (Lipinski definition) is 3. The normalized spacial score (nSPS) is 17.9. The van der Waals surface area contributed by atoms with E-state index in [-0.39, 0.29) is 24.5 Å². The monoisotopic (exact) mass is 465 g/mol. The Balaban J connectivity index is 1.42. The van der Waals surface area contributed by atoms with Crippen LogP contribution in [0.2, 0.25) is 5.02 Å². The minimum Gasteiger partial charge on any atom is -0.380 e. The molecule has 33 heavy (non-hydrogen) atoms. The van der Waals surface area contributed by atoms with E-state index in [9.17, 15) is 14.3 Å². The van der Waals surface area contributed by atoms with Crippen LogP contribution in [-0.4, -0.2) is 35.2 Å². The first-order valence-corrected chi connectivity index (χ1v) is 11.9. The summed E-state index contributed by atoms with van der Waals surface area (Å²) in [5.41, 5.74) is 1.07. The number of piperidine rings is 1. The summed E-state index contributed by atoms with van der Waals surface area (Å²) in [5.74, 6) is -0.0928. The van der Waals surface area contributed by atoms with Crippen molar-refractivity contribution in [2.75, 3.05) is 13.1 Å². The first-order chi connectivity index (χ1) is 16.0. The van der Waals surface area contributed by atoms with E-state index in [1.165, 1.54) is 0 Å². The van der Waals surface area contributed by atoms with Crippen LogP contribution in [0.25, 0.3) is 0 Å². The summed E-state index contributed by atoms with van der Waals surface area (Å²) < 4.78 is 15.0. The van der Waals surface area contributed by atoms with E-state index >= 15 is 0 Å². The van der Waals surface area contributed by atoms with Crippen LogP contribution >= 0.6 is 11.6 Å². The fourth-order valence-corrected chi connectivity index (χ4v) is 4.96. The molecule has 1 heterocycles. The van der Waals surface area contributed by atoms with Crippen molar-refractivity contribution in [2.45, 2.75) is 37.6 Å². The smallest absolute Gasteiger partial charge is 0.163 e. The third kappa shape index (κ3) is 5.35. The molecule has 1 fully saturated rings. The van der Waals surface area contributed by atoms with Gasteiger partial charge in [-0.2, -0.15) is 0 Å². The van der Waals surface area contributed by atoms with Crippen LogP contribution in [0.1, 0.15) is 47.2 Å². The average molecular weight is 466 g/mol. The molecule has 1 aliphatic heterocycles. The fraction of sp³-hybridized carbons (Fsp3) is 0.321. The number of likely N-dealkylation sites (tertiary alicyclic amines) is 1. The van der Waals surface area contributed by atoms with Crippen LogP contribution < -0.4 is 0 Å². The summed E-state index contributed by atoms with van der Waals surface area (Å²) in [6.45, 7) is 1.07. The Morgan fingerprint density at radius 2 is 1.48 bits per heavy atom. The van der Waals surface area contributed by atoms with Gasteiger partial charge in [-0.1, -0.05) is 84.4 Å². The molecule has 4 rings (SSSR count). The molecule has 3 nitrogen and oxygen atoms in total. The summed E-state index contributed by atoms with van der Waals surface area (Å²) in [7, 11) is 0. The molecule has 1 saturated heterocycles. The number of Topliss-reactive ketones (excluding diaryl/α,β-unsaturated/α-hetero) is 1. The maximum Gasteiger partial charge on any atom is 0.163 e. The first kappa shape index (κ1) is 23.6. The molecule has 0 saturated carbocycles.